The number of nitrogens with zero attached hydrogens (tertiary/aromatic N) is 1. The van der Waals surface area contributed by atoms with Crippen molar-refractivity contribution in [3.8, 4) is 5.75 Å². The third-order valence-corrected chi connectivity index (χ3v) is 5.26. The maximum Gasteiger partial charge on any atom is 0.261 e. The number of carbonyl (C=O) groups excluding carboxylic acids is 2. The molecule has 0 radical (unpaired) electrons. The van der Waals surface area contributed by atoms with Crippen molar-refractivity contribution in [1.29, 1.82) is 0 Å². The molecule has 30 heavy (non-hydrogen) atoms. The van der Waals surface area contributed by atoms with Crippen molar-refractivity contribution in [1.82, 2.24) is 10.2 Å². The fraction of sp³-hybridized carbons (Fsp3) is 0.440. The van der Waals surface area contributed by atoms with E-state index in [1.807, 2.05) is 84.0 Å². The topological polar surface area (TPSA) is 58.6 Å². The van der Waals surface area contributed by atoms with Crippen LogP contribution in [0, 0.1) is 20.8 Å². The third-order valence-electron chi connectivity index (χ3n) is 5.26. The Balaban J connectivity index is 2.23. The number of nitrogens with one attached hydrogen (secondary N) is 1. The van der Waals surface area contributed by atoms with Gasteiger partial charge in [-0.25, -0.2) is 0 Å². The Morgan fingerprint density at radius 2 is 1.70 bits per heavy atom. The number of hydrogen-bond donors (Lipinski definition) is 1. The highest BCUT2D eigenvalue weighted by Crippen LogP contribution is 2.18. The largest absolute Gasteiger partial charge is 0.484 e. The van der Waals surface area contributed by atoms with Crippen molar-refractivity contribution in [2.75, 3.05) is 6.61 Å². The molecule has 2 rings (SSSR count). The van der Waals surface area contributed by atoms with Crippen LogP contribution in [0.1, 0.15) is 49.4 Å². The van der Waals surface area contributed by atoms with Gasteiger partial charge in [-0.05, 0) is 75.4 Å². The lowest BCUT2D eigenvalue weighted by atomic mass is 10.1. The second-order valence-corrected chi connectivity index (χ2v) is 8.07. The summed E-state index contributed by atoms with van der Waals surface area (Å²) < 4.78 is 5.79. The minimum absolute atomic E-state index is 0.00810. The van der Waals surface area contributed by atoms with Crippen molar-refractivity contribution in [2.45, 2.75) is 66.6 Å². The van der Waals surface area contributed by atoms with Crippen molar-refractivity contribution in [3.05, 3.63) is 64.7 Å². The summed E-state index contributed by atoms with van der Waals surface area (Å²) in [5.74, 6) is 0.310. The minimum atomic E-state index is -0.553. The summed E-state index contributed by atoms with van der Waals surface area (Å²) in [4.78, 5) is 27.7. The first kappa shape index (κ1) is 23.5. The summed E-state index contributed by atoms with van der Waals surface area (Å²) in [6.07, 6.45) is 0.528. The summed E-state index contributed by atoms with van der Waals surface area (Å²) in [6, 6.07) is 13.1. The molecule has 162 valence electrons. The molecule has 5 heteroatoms. The number of aryl methyl sites for hydroxylation is 3. The van der Waals surface area contributed by atoms with Crippen LogP contribution >= 0.6 is 0 Å². The smallest absolute Gasteiger partial charge is 0.261 e. The van der Waals surface area contributed by atoms with Crippen LogP contribution in [0.2, 0.25) is 0 Å². The molecule has 0 fully saturated rings. The lowest BCUT2D eigenvalue weighted by molar-refractivity contribution is -0.143. The van der Waals surface area contributed by atoms with Crippen LogP contribution in [0.3, 0.4) is 0 Å². The highest BCUT2D eigenvalue weighted by molar-refractivity contribution is 5.88. The van der Waals surface area contributed by atoms with Crippen molar-refractivity contribution in [3.63, 3.8) is 0 Å². The van der Waals surface area contributed by atoms with E-state index in [-0.39, 0.29) is 24.5 Å². The Labute approximate surface area is 180 Å². The van der Waals surface area contributed by atoms with Gasteiger partial charge >= 0.3 is 0 Å². The zero-order valence-corrected chi connectivity index (χ0v) is 19.0. The van der Waals surface area contributed by atoms with Gasteiger partial charge in [-0.3, -0.25) is 9.59 Å². The molecule has 0 saturated carbocycles. The summed E-state index contributed by atoms with van der Waals surface area (Å²) >= 11 is 0. The van der Waals surface area contributed by atoms with Crippen LogP contribution in [-0.2, 0) is 16.1 Å². The highest BCUT2D eigenvalue weighted by atomic mass is 16.5. The molecule has 5 nitrogen and oxygen atoms in total. The average molecular weight is 411 g/mol. The van der Waals surface area contributed by atoms with Gasteiger partial charge in [0.2, 0.25) is 5.91 Å². The first-order valence-electron chi connectivity index (χ1n) is 10.6. The van der Waals surface area contributed by atoms with E-state index in [2.05, 4.69) is 5.32 Å². The number of carbonyl (C=O) groups is 2. The number of hydrogen-bond acceptors (Lipinski definition) is 3. The fourth-order valence-electron chi connectivity index (χ4n) is 3.30. The van der Waals surface area contributed by atoms with Gasteiger partial charge in [-0.15, -0.1) is 0 Å². The van der Waals surface area contributed by atoms with E-state index in [1.165, 1.54) is 5.56 Å². The molecule has 0 aliphatic rings. The van der Waals surface area contributed by atoms with Crippen LogP contribution in [0.4, 0.5) is 0 Å². The maximum atomic E-state index is 13.2. The quantitative estimate of drug-likeness (QED) is 0.670. The van der Waals surface area contributed by atoms with Crippen LogP contribution in [0.15, 0.2) is 42.5 Å². The third kappa shape index (κ3) is 6.34. The van der Waals surface area contributed by atoms with Crippen molar-refractivity contribution in [2.24, 2.45) is 0 Å². The van der Waals surface area contributed by atoms with Gasteiger partial charge in [-0.2, -0.15) is 0 Å². The highest BCUT2D eigenvalue weighted by Gasteiger charge is 2.29. The molecule has 2 amide bonds. The van der Waals surface area contributed by atoms with Crippen molar-refractivity contribution >= 4 is 11.8 Å². The average Bonchev–Trinajstić information content (AvgIpc) is 2.69. The van der Waals surface area contributed by atoms with E-state index in [0.717, 1.165) is 16.7 Å². The summed E-state index contributed by atoms with van der Waals surface area (Å²) in [6.45, 7) is 12.1. The normalized spacial score (nSPS) is 11.8. The van der Waals surface area contributed by atoms with Gasteiger partial charge in [0.15, 0.2) is 6.61 Å². The van der Waals surface area contributed by atoms with Gasteiger partial charge in [0.05, 0.1) is 0 Å². The molecule has 0 saturated heterocycles. The van der Waals surface area contributed by atoms with E-state index in [4.69, 9.17) is 4.74 Å². The number of benzene rings is 2. The monoisotopic (exact) mass is 410 g/mol. The molecule has 0 aromatic heterocycles. The number of ether oxygens (including phenoxy) is 1. The number of amides is 2. The Hall–Kier alpha value is -2.82. The molecular weight excluding hydrogens is 376 g/mol. The SMILES string of the molecule is CCC(C(=O)NC(C)C)N(Cc1ccccc1C)C(=O)COc1ccc(C)c(C)c1. The molecule has 0 aliphatic heterocycles. The molecule has 1 N–H and O–H groups in total. The molecule has 0 aliphatic carbocycles. The fourth-order valence-corrected chi connectivity index (χ4v) is 3.30. The Bertz CT molecular complexity index is 876. The molecular formula is C25H34N2O3. The van der Waals surface area contributed by atoms with E-state index in [9.17, 15) is 9.59 Å². The Morgan fingerprint density at radius 3 is 2.30 bits per heavy atom. The zero-order chi connectivity index (χ0) is 22.3. The summed E-state index contributed by atoms with van der Waals surface area (Å²) in [5, 5.41) is 2.94. The van der Waals surface area contributed by atoms with Gasteiger partial charge in [0, 0.05) is 12.6 Å². The van der Waals surface area contributed by atoms with E-state index in [1.54, 1.807) is 4.90 Å². The van der Waals surface area contributed by atoms with E-state index in [0.29, 0.717) is 18.7 Å². The molecule has 2 aromatic rings. The molecule has 0 bridgehead atoms. The van der Waals surface area contributed by atoms with Gasteiger partial charge in [0.1, 0.15) is 11.8 Å². The zero-order valence-electron chi connectivity index (χ0n) is 19.0. The first-order valence-corrected chi connectivity index (χ1v) is 10.6. The van der Waals surface area contributed by atoms with Gasteiger partial charge in [0.25, 0.3) is 5.91 Å². The van der Waals surface area contributed by atoms with Crippen LogP contribution < -0.4 is 10.1 Å². The Morgan fingerprint density at radius 1 is 1.00 bits per heavy atom. The molecule has 0 spiro atoms. The Kier molecular flexibility index (Phi) is 8.46. The maximum absolute atomic E-state index is 13.2. The van der Waals surface area contributed by atoms with Crippen molar-refractivity contribution < 1.29 is 14.3 Å². The molecule has 0 heterocycles. The second kappa shape index (κ2) is 10.8. The summed E-state index contributed by atoms with van der Waals surface area (Å²) in [5.41, 5.74) is 4.39. The van der Waals surface area contributed by atoms with Gasteiger partial charge in [-0.1, -0.05) is 37.3 Å². The predicted molar refractivity (Wildman–Crippen MR) is 120 cm³/mol. The lowest BCUT2D eigenvalue weighted by Gasteiger charge is -2.31. The first-order chi connectivity index (χ1) is 14.2. The van der Waals surface area contributed by atoms with E-state index >= 15 is 0 Å². The van der Waals surface area contributed by atoms with Gasteiger partial charge < -0.3 is 15.0 Å². The van der Waals surface area contributed by atoms with Crippen LogP contribution in [0.5, 0.6) is 5.75 Å². The van der Waals surface area contributed by atoms with E-state index < -0.39 is 6.04 Å². The van der Waals surface area contributed by atoms with Crippen LogP contribution in [0.25, 0.3) is 0 Å². The number of rotatable bonds is 9. The lowest BCUT2D eigenvalue weighted by Crippen LogP contribution is -2.51. The second-order valence-electron chi connectivity index (χ2n) is 8.07. The minimum Gasteiger partial charge on any atom is -0.484 e. The molecule has 1 unspecified atom stereocenters. The van der Waals surface area contributed by atoms with Crippen LogP contribution in [-0.4, -0.2) is 35.4 Å². The molecule has 1 atom stereocenters. The standard InChI is InChI=1S/C25H34N2O3/c1-7-23(25(29)26-17(2)3)27(15-21-11-9-8-10-19(21)5)24(28)16-30-22-13-12-18(4)20(6)14-22/h8-14,17,23H,7,15-16H2,1-6H3,(H,26,29). The predicted octanol–water partition coefficient (Wildman–Crippen LogP) is 4.32. The summed E-state index contributed by atoms with van der Waals surface area (Å²) in [7, 11) is 0. The molecule has 2 aromatic carbocycles.